The second kappa shape index (κ2) is 7.80. The van der Waals surface area contributed by atoms with E-state index in [0.29, 0.717) is 12.2 Å². The van der Waals surface area contributed by atoms with Crippen LogP contribution in [0.2, 0.25) is 10.0 Å². The van der Waals surface area contributed by atoms with E-state index in [4.69, 9.17) is 23.2 Å². The van der Waals surface area contributed by atoms with Crippen molar-refractivity contribution in [2.45, 2.75) is 37.6 Å². The molecule has 0 atom stereocenters. The van der Waals surface area contributed by atoms with Crippen molar-refractivity contribution in [3.63, 3.8) is 0 Å². The number of nitrogens with one attached hydrogen (secondary N) is 1. The summed E-state index contributed by atoms with van der Waals surface area (Å²) in [7, 11) is -3.82. The number of nitrogens with zero attached hydrogens (tertiary/aromatic N) is 1. The van der Waals surface area contributed by atoms with Gasteiger partial charge in [-0.05, 0) is 56.5 Å². The normalized spacial score (nSPS) is 14.2. The fourth-order valence-electron chi connectivity index (χ4n) is 2.77. The fraction of sp³-hybridized carbons (Fsp3) is 0.316. The third-order valence-electron chi connectivity index (χ3n) is 4.32. The standard InChI is InChI=1S/C19H20Cl2N2O3S/c1-3-23(14-6-4-5-12(2)9-14)19(24)15-10-18(17(21)11-16(15)20)27(25,26)22-13-7-8-13/h4-6,9-11,13,22H,3,7-8H2,1-2H3. The molecule has 0 spiro atoms. The number of halogens is 2. The van der Waals surface area contributed by atoms with Crippen molar-refractivity contribution in [3.05, 3.63) is 57.6 Å². The van der Waals surface area contributed by atoms with Gasteiger partial charge < -0.3 is 4.90 Å². The molecule has 1 saturated carbocycles. The van der Waals surface area contributed by atoms with Gasteiger partial charge in [0.25, 0.3) is 5.91 Å². The molecule has 0 saturated heterocycles. The number of anilines is 1. The summed E-state index contributed by atoms with van der Waals surface area (Å²) in [4.78, 5) is 14.5. The van der Waals surface area contributed by atoms with Crippen molar-refractivity contribution in [1.82, 2.24) is 4.72 Å². The molecule has 8 heteroatoms. The molecule has 2 aromatic rings. The Kier molecular flexibility index (Phi) is 5.82. The minimum atomic E-state index is -3.82. The number of hydrogen-bond donors (Lipinski definition) is 1. The van der Waals surface area contributed by atoms with Crippen LogP contribution in [0.3, 0.4) is 0 Å². The largest absolute Gasteiger partial charge is 0.309 e. The minimum Gasteiger partial charge on any atom is -0.309 e. The highest BCUT2D eigenvalue weighted by atomic mass is 35.5. The van der Waals surface area contributed by atoms with E-state index in [2.05, 4.69) is 4.72 Å². The van der Waals surface area contributed by atoms with Crippen LogP contribution in [0.15, 0.2) is 41.3 Å². The van der Waals surface area contributed by atoms with Crippen molar-refractivity contribution in [2.24, 2.45) is 0 Å². The minimum absolute atomic E-state index is 0.0108. The molecule has 2 aromatic carbocycles. The molecule has 1 aliphatic carbocycles. The molecular formula is C19H20Cl2N2O3S. The van der Waals surface area contributed by atoms with Crippen LogP contribution >= 0.6 is 23.2 Å². The van der Waals surface area contributed by atoms with E-state index in [1.165, 1.54) is 12.1 Å². The van der Waals surface area contributed by atoms with Crippen LogP contribution in [0.1, 0.15) is 35.7 Å². The summed E-state index contributed by atoms with van der Waals surface area (Å²) in [5.41, 5.74) is 1.83. The summed E-state index contributed by atoms with van der Waals surface area (Å²) in [5, 5.41) is 0.102. The van der Waals surface area contributed by atoms with Gasteiger partial charge in [-0.15, -0.1) is 0 Å². The molecule has 1 fully saturated rings. The summed E-state index contributed by atoms with van der Waals surface area (Å²) in [6, 6.07) is 10.0. The Balaban J connectivity index is 2.02. The number of benzene rings is 2. The summed E-state index contributed by atoms with van der Waals surface area (Å²) in [6.45, 7) is 4.19. The maximum absolute atomic E-state index is 13.1. The zero-order valence-electron chi connectivity index (χ0n) is 15.0. The number of rotatable bonds is 6. The number of hydrogen-bond acceptors (Lipinski definition) is 3. The molecule has 0 unspecified atom stereocenters. The first-order valence-corrected chi connectivity index (χ1v) is 10.9. The van der Waals surface area contributed by atoms with Crippen LogP contribution in [-0.2, 0) is 10.0 Å². The lowest BCUT2D eigenvalue weighted by molar-refractivity contribution is 0.0988. The molecule has 0 aliphatic heterocycles. The van der Waals surface area contributed by atoms with E-state index < -0.39 is 10.0 Å². The van der Waals surface area contributed by atoms with Gasteiger partial charge in [0.15, 0.2) is 0 Å². The van der Waals surface area contributed by atoms with E-state index >= 15 is 0 Å². The Labute approximate surface area is 169 Å². The van der Waals surface area contributed by atoms with E-state index in [1.807, 2.05) is 38.1 Å². The van der Waals surface area contributed by atoms with Gasteiger partial charge in [-0.25, -0.2) is 13.1 Å². The molecule has 0 aromatic heterocycles. The van der Waals surface area contributed by atoms with Crippen LogP contribution in [0.5, 0.6) is 0 Å². The molecule has 0 radical (unpaired) electrons. The molecule has 0 bridgehead atoms. The van der Waals surface area contributed by atoms with Crippen molar-refractivity contribution in [3.8, 4) is 0 Å². The molecule has 1 N–H and O–H groups in total. The highest BCUT2D eigenvalue weighted by Crippen LogP contribution is 2.32. The van der Waals surface area contributed by atoms with Crippen LogP contribution in [0.25, 0.3) is 0 Å². The molecule has 144 valence electrons. The Bertz CT molecular complexity index is 988. The lowest BCUT2D eigenvalue weighted by atomic mass is 10.1. The van der Waals surface area contributed by atoms with Gasteiger partial charge in [0.05, 0.1) is 15.6 Å². The predicted molar refractivity (Wildman–Crippen MR) is 108 cm³/mol. The van der Waals surface area contributed by atoms with E-state index in [0.717, 1.165) is 18.4 Å². The molecule has 27 heavy (non-hydrogen) atoms. The topological polar surface area (TPSA) is 66.5 Å². The number of amides is 1. The van der Waals surface area contributed by atoms with Crippen LogP contribution in [-0.4, -0.2) is 26.9 Å². The quantitative estimate of drug-likeness (QED) is 0.743. The highest BCUT2D eigenvalue weighted by molar-refractivity contribution is 7.89. The number of carbonyl (C=O) groups is 1. The van der Waals surface area contributed by atoms with Gasteiger partial charge >= 0.3 is 0 Å². The Hall–Kier alpha value is -1.60. The lowest BCUT2D eigenvalue weighted by Gasteiger charge is -2.22. The number of sulfonamides is 1. The SMILES string of the molecule is CCN(C(=O)c1cc(S(=O)(=O)NC2CC2)c(Cl)cc1Cl)c1cccc(C)c1. The molecule has 5 nitrogen and oxygen atoms in total. The van der Waals surface area contributed by atoms with Crippen molar-refractivity contribution in [1.29, 1.82) is 0 Å². The zero-order valence-corrected chi connectivity index (χ0v) is 17.3. The number of carbonyl (C=O) groups excluding carboxylic acids is 1. The van der Waals surface area contributed by atoms with Crippen molar-refractivity contribution < 1.29 is 13.2 Å². The second-order valence-electron chi connectivity index (χ2n) is 6.55. The smallest absolute Gasteiger partial charge is 0.259 e. The first kappa shape index (κ1) is 20.1. The van der Waals surface area contributed by atoms with Gasteiger partial charge in [0.1, 0.15) is 4.90 Å². The Morgan fingerprint density at radius 1 is 1.19 bits per heavy atom. The number of aryl methyl sites for hydroxylation is 1. The molecule has 3 rings (SSSR count). The summed E-state index contributed by atoms with van der Waals surface area (Å²) >= 11 is 12.4. The van der Waals surface area contributed by atoms with Gasteiger partial charge in [-0.2, -0.15) is 0 Å². The molecule has 0 heterocycles. The molecular weight excluding hydrogens is 407 g/mol. The second-order valence-corrected chi connectivity index (χ2v) is 9.04. The summed E-state index contributed by atoms with van der Waals surface area (Å²) in [5.74, 6) is -0.382. The Morgan fingerprint density at radius 2 is 1.89 bits per heavy atom. The predicted octanol–water partition coefficient (Wildman–Crippen LogP) is 4.41. The van der Waals surface area contributed by atoms with Crippen LogP contribution < -0.4 is 9.62 Å². The highest BCUT2D eigenvalue weighted by Gasteiger charge is 2.31. The maximum atomic E-state index is 13.1. The van der Waals surface area contributed by atoms with E-state index in [1.54, 1.807) is 4.90 Å². The maximum Gasteiger partial charge on any atom is 0.259 e. The molecule has 1 aliphatic rings. The summed E-state index contributed by atoms with van der Waals surface area (Å²) in [6.07, 6.45) is 1.60. The van der Waals surface area contributed by atoms with Gasteiger partial charge in [0, 0.05) is 18.3 Å². The zero-order chi connectivity index (χ0) is 19.8. The first-order valence-electron chi connectivity index (χ1n) is 8.63. The monoisotopic (exact) mass is 426 g/mol. The lowest BCUT2D eigenvalue weighted by Crippen LogP contribution is -2.31. The van der Waals surface area contributed by atoms with E-state index in [-0.39, 0.29) is 32.5 Å². The van der Waals surface area contributed by atoms with E-state index in [9.17, 15) is 13.2 Å². The van der Waals surface area contributed by atoms with Crippen molar-refractivity contribution in [2.75, 3.05) is 11.4 Å². The van der Waals surface area contributed by atoms with Gasteiger partial charge in [0.2, 0.25) is 10.0 Å². The average Bonchev–Trinajstić information content (AvgIpc) is 3.38. The van der Waals surface area contributed by atoms with Gasteiger partial charge in [-0.3, -0.25) is 4.79 Å². The average molecular weight is 427 g/mol. The van der Waals surface area contributed by atoms with Crippen LogP contribution in [0.4, 0.5) is 5.69 Å². The molecule has 1 amide bonds. The van der Waals surface area contributed by atoms with Gasteiger partial charge in [-0.1, -0.05) is 35.3 Å². The third-order valence-corrected chi connectivity index (χ3v) is 6.61. The first-order chi connectivity index (χ1) is 12.7. The third kappa shape index (κ3) is 4.46. The van der Waals surface area contributed by atoms with Crippen molar-refractivity contribution >= 4 is 44.8 Å². The Morgan fingerprint density at radius 3 is 2.48 bits per heavy atom. The van der Waals surface area contributed by atoms with Crippen LogP contribution in [0, 0.1) is 6.92 Å². The summed E-state index contributed by atoms with van der Waals surface area (Å²) < 4.78 is 27.7. The fourth-order valence-corrected chi connectivity index (χ4v) is 4.93.